The Balaban J connectivity index is 1.31. The van der Waals surface area contributed by atoms with Crippen molar-refractivity contribution in [1.82, 2.24) is 0 Å². The third-order valence-corrected chi connectivity index (χ3v) is 7.40. The molecule has 1 saturated heterocycles. The highest BCUT2D eigenvalue weighted by Gasteiger charge is 2.46. The summed E-state index contributed by atoms with van der Waals surface area (Å²) in [6.45, 7) is 0.867. The van der Waals surface area contributed by atoms with Crippen molar-refractivity contribution in [3.63, 3.8) is 0 Å². The molecule has 2 aliphatic heterocycles. The van der Waals surface area contributed by atoms with E-state index in [0.29, 0.717) is 31.6 Å². The van der Waals surface area contributed by atoms with Crippen molar-refractivity contribution >= 4 is 12.0 Å². The van der Waals surface area contributed by atoms with E-state index < -0.39 is 17.9 Å². The van der Waals surface area contributed by atoms with Crippen LogP contribution in [0, 0.1) is 0 Å². The van der Waals surface area contributed by atoms with E-state index in [9.17, 15) is 9.90 Å². The van der Waals surface area contributed by atoms with Gasteiger partial charge in [-0.2, -0.15) is 0 Å². The molecule has 2 aromatic carbocycles. The molecule has 3 aliphatic rings. The highest BCUT2D eigenvalue weighted by molar-refractivity contribution is 5.96. The van der Waals surface area contributed by atoms with Gasteiger partial charge in [0.2, 0.25) is 0 Å². The number of benzene rings is 2. The van der Waals surface area contributed by atoms with Gasteiger partial charge in [0.25, 0.3) is 0 Å². The van der Waals surface area contributed by atoms with Crippen LogP contribution in [0.1, 0.15) is 66.4 Å². The van der Waals surface area contributed by atoms with Gasteiger partial charge in [0.1, 0.15) is 35.4 Å². The first kappa shape index (κ1) is 26.5. The largest absolute Gasteiger partial charge is 0.507 e. The van der Waals surface area contributed by atoms with E-state index in [4.69, 9.17) is 23.7 Å². The van der Waals surface area contributed by atoms with Crippen molar-refractivity contribution in [2.75, 3.05) is 13.7 Å². The fourth-order valence-electron chi connectivity index (χ4n) is 5.33. The highest BCUT2D eigenvalue weighted by atomic mass is 16.8. The Morgan fingerprint density at radius 3 is 2.53 bits per heavy atom. The van der Waals surface area contributed by atoms with Gasteiger partial charge in [0.05, 0.1) is 20.3 Å². The van der Waals surface area contributed by atoms with E-state index in [1.54, 1.807) is 19.2 Å². The number of methoxy groups -OCH3 is 1. The smallest absolute Gasteiger partial charge is 0.342 e. The third kappa shape index (κ3) is 6.29. The van der Waals surface area contributed by atoms with E-state index in [1.807, 2.05) is 48.6 Å². The number of carbonyl (C=O) groups excluding carboxylic acids is 1. The van der Waals surface area contributed by atoms with Crippen molar-refractivity contribution in [3.8, 4) is 11.5 Å². The number of esters is 1. The Morgan fingerprint density at radius 1 is 1.00 bits per heavy atom. The molecule has 0 unspecified atom stereocenters. The Bertz CT molecular complexity index is 1150. The molecule has 202 valence electrons. The fourth-order valence-corrected chi connectivity index (χ4v) is 5.33. The second-order valence-electron chi connectivity index (χ2n) is 10.1. The minimum absolute atomic E-state index is 0.108. The first-order valence-corrected chi connectivity index (χ1v) is 13.5. The summed E-state index contributed by atoms with van der Waals surface area (Å²) in [5, 5.41) is 10.5. The van der Waals surface area contributed by atoms with E-state index in [-0.39, 0.29) is 23.5 Å². The number of carbonyl (C=O) groups is 1. The number of hydrogen-bond acceptors (Lipinski definition) is 7. The molecule has 0 aromatic heterocycles. The molecule has 2 aromatic rings. The summed E-state index contributed by atoms with van der Waals surface area (Å²) in [6, 6.07) is 12.7. The van der Waals surface area contributed by atoms with E-state index in [2.05, 4.69) is 0 Å². The molecule has 1 spiro atoms. The lowest BCUT2D eigenvalue weighted by molar-refractivity contribution is -0.187. The van der Waals surface area contributed by atoms with E-state index in [0.717, 1.165) is 37.0 Å². The maximum absolute atomic E-state index is 13.2. The Kier molecular flexibility index (Phi) is 8.47. The monoisotopic (exact) mass is 520 g/mol. The highest BCUT2D eigenvalue weighted by Crippen LogP contribution is 2.41. The van der Waals surface area contributed by atoms with Gasteiger partial charge in [0, 0.05) is 25.7 Å². The maximum atomic E-state index is 13.2. The van der Waals surface area contributed by atoms with Gasteiger partial charge in [-0.1, -0.05) is 55.0 Å². The lowest BCUT2D eigenvalue weighted by Crippen LogP contribution is -2.33. The number of fused-ring (bicyclic) bond motifs is 2. The quantitative estimate of drug-likeness (QED) is 0.286. The number of hydrogen-bond donors (Lipinski definition) is 1. The molecule has 7 nitrogen and oxygen atoms in total. The Hall–Kier alpha value is -3.13. The first-order chi connectivity index (χ1) is 18.5. The summed E-state index contributed by atoms with van der Waals surface area (Å²) in [6.07, 6.45) is 13.0. The van der Waals surface area contributed by atoms with Gasteiger partial charge in [-0.15, -0.1) is 0 Å². The normalized spacial score (nSPS) is 26.3. The van der Waals surface area contributed by atoms with Crippen molar-refractivity contribution in [1.29, 1.82) is 0 Å². The zero-order valence-electron chi connectivity index (χ0n) is 21.8. The van der Waals surface area contributed by atoms with Crippen LogP contribution in [0.2, 0.25) is 0 Å². The van der Waals surface area contributed by atoms with Crippen LogP contribution in [-0.4, -0.2) is 48.9 Å². The number of aromatic hydroxyl groups is 1. The second-order valence-corrected chi connectivity index (χ2v) is 10.1. The standard InChI is InChI=1S/C31H36O7/c1-34-24-14-11-22(12-15-24)21-35-20-17-25-8-6-10-27-28(38-31(37-27)18-3-2-4-19-31)16-13-23-7-5-9-26(32)29(23)30(33)36-25/h5-7,9-16,25,27-28,32H,2-4,8,17-21H2,1H3/b10-6+,16-13+/t25-,27+,28+/m1/s1. The average molecular weight is 521 g/mol. The van der Waals surface area contributed by atoms with Gasteiger partial charge in [-0.3, -0.25) is 0 Å². The van der Waals surface area contributed by atoms with E-state index >= 15 is 0 Å². The van der Waals surface area contributed by atoms with Crippen LogP contribution in [0.3, 0.4) is 0 Å². The SMILES string of the molecule is COc1ccc(COCC[C@H]2C/C=C/[C@@H]3OC4(CCCCC4)O[C@H]3/C=C/c3cccc(O)c3C(=O)O2)cc1. The Morgan fingerprint density at radius 2 is 1.76 bits per heavy atom. The predicted molar refractivity (Wildman–Crippen MR) is 143 cm³/mol. The molecular formula is C31H36O7. The first-order valence-electron chi connectivity index (χ1n) is 13.5. The zero-order valence-corrected chi connectivity index (χ0v) is 21.8. The van der Waals surface area contributed by atoms with Crippen molar-refractivity contribution in [2.45, 2.75) is 75.7 Å². The minimum Gasteiger partial charge on any atom is -0.507 e. The average Bonchev–Trinajstić information content (AvgIpc) is 3.25. The van der Waals surface area contributed by atoms with Crippen molar-refractivity contribution in [2.24, 2.45) is 0 Å². The van der Waals surface area contributed by atoms with Crippen LogP contribution in [0.5, 0.6) is 11.5 Å². The number of ether oxygens (including phenoxy) is 5. The lowest BCUT2D eigenvalue weighted by Gasteiger charge is -2.31. The molecule has 38 heavy (non-hydrogen) atoms. The Labute approximate surface area is 224 Å². The molecule has 1 saturated carbocycles. The van der Waals surface area contributed by atoms with Gasteiger partial charge in [-0.25, -0.2) is 4.79 Å². The van der Waals surface area contributed by atoms with Gasteiger partial charge >= 0.3 is 5.97 Å². The van der Waals surface area contributed by atoms with Crippen LogP contribution in [0.25, 0.3) is 6.08 Å². The fraction of sp³-hybridized carbons (Fsp3) is 0.452. The molecule has 2 fully saturated rings. The van der Waals surface area contributed by atoms with Crippen LogP contribution >= 0.6 is 0 Å². The van der Waals surface area contributed by atoms with Crippen LogP contribution in [0.15, 0.2) is 60.7 Å². The summed E-state index contributed by atoms with van der Waals surface area (Å²) >= 11 is 0. The molecule has 0 amide bonds. The number of rotatable bonds is 6. The molecule has 3 atom stereocenters. The summed E-state index contributed by atoms with van der Waals surface area (Å²) in [4.78, 5) is 13.2. The summed E-state index contributed by atoms with van der Waals surface area (Å²) in [5.41, 5.74) is 1.77. The van der Waals surface area contributed by atoms with Crippen molar-refractivity contribution in [3.05, 3.63) is 77.4 Å². The minimum atomic E-state index is -0.555. The van der Waals surface area contributed by atoms with E-state index in [1.165, 1.54) is 12.5 Å². The molecule has 1 aliphatic carbocycles. The molecule has 1 N–H and O–H groups in total. The second kappa shape index (κ2) is 12.2. The number of phenolic OH excluding ortho intramolecular Hbond substituents is 1. The van der Waals surface area contributed by atoms with Crippen molar-refractivity contribution < 1.29 is 33.6 Å². The molecule has 0 bridgehead atoms. The summed E-state index contributed by atoms with van der Waals surface area (Å²) in [5.74, 6) is -0.415. The molecule has 0 radical (unpaired) electrons. The zero-order chi connectivity index (χ0) is 26.4. The van der Waals surface area contributed by atoms with Gasteiger partial charge in [-0.05, 0) is 42.2 Å². The lowest BCUT2D eigenvalue weighted by atomic mass is 9.94. The molecule has 7 heteroatoms. The molecule has 2 heterocycles. The number of cyclic esters (lactones) is 1. The predicted octanol–water partition coefficient (Wildman–Crippen LogP) is 5.95. The molecular weight excluding hydrogens is 484 g/mol. The third-order valence-electron chi connectivity index (χ3n) is 7.40. The van der Waals surface area contributed by atoms with Crippen LogP contribution in [-0.2, 0) is 25.6 Å². The topological polar surface area (TPSA) is 83.5 Å². The van der Waals surface area contributed by atoms with Crippen LogP contribution in [0.4, 0.5) is 0 Å². The summed E-state index contributed by atoms with van der Waals surface area (Å²) < 4.78 is 29.9. The maximum Gasteiger partial charge on any atom is 0.342 e. The van der Waals surface area contributed by atoms with Crippen LogP contribution < -0.4 is 4.74 Å². The number of phenols is 1. The summed E-state index contributed by atoms with van der Waals surface area (Å²) in [7, 11) is 1.64. The molecule has 5 rings (SSSR count). The van der Waals surface area contributed by atoms with Gasteiger partial charge in [0.15, 0.2) is 5.79 Å². The van der Waals surface area contributed by atoms with Gasteiger partial charge < -0.3 is 28.8 Å².